The van der Waals surface area contributed by atoms with Crippen molar-refractivity contribution in [3.05, 3.63) is 69.7 Å². The van der Waals surface area contributed by atoms with Crippen LogP contribution in [0.3, 0.4) is 0 Å². The molecule has 2 heterocycles. The number of piperazine rings is 1. The highest BCUT2D eigenvalue weighted by Gasteiger charge is 2.16. The molecule has 3 aromatic rings. The largest absolute Gasteiger partial charge is 0.369 e. The molecule has 1 aliphatic heterocycles. The molecule has 0 saturated carbocycles. The average Bonchev–Trinajstić information content (AvgIpc) is 3.23. The van der Waals surface area contributed by atoms with Crippen molar-refractivity contribution in [1.82, 2.24) is 20.4 Å². The molecule has 4 rings (SSSR count). The molecule has 0 amide bonds. The van der Waals surface area contributed by atoms with Gasteiger partial charge in [-0.3, -0.25) is 10.1 Å². The van der Waals surface area contributed by atoms with E-state index in [0.29, 0.717) is 22.7 Å². The average molecular weight is 479 g/mol. The molecule has 1 fully saturated rings. The van der Waals surface area contributed by atoms with Crippen LogP contribution in [0.5, 0.6) is 0 Å². The second-order valence-corrected chi connectivity index (χ2v) is 8.74. The smallest absolute Gasteiger partial charge is 0.135 e. The zero-order valence-corrected chi connectivity index (χ0v) is 20.5. The number of nitrogens with one attached hydrogen (secondary N) is 2. The Hall–Kier alpha value is -3.36. The number of aromatic nitrogens is 2. The topological polar surface area (TPSA) is 59.5 Å². The molecule has 0 radical (unpaired) electrons. The summed E-state index contributed by atoms with van der Waals surface area (Å²) >= 11 is 0. The Labute approximate surface area is 204 Å². The van der Waals surface area contributed by atoms with Gasteiger partial charge in [-0.1, -0.05) is 25.6 Å². The van der Waals surface area contributed by atoms with E-state index in [1.807, 2.05) is 12.1 Å². The summed E-state index contributed by atoms with van der Waals surface area (Å²) in [6.07, 6.45) is 1.51. The summed E-state index contributed by atoms with van der Waals surface area (Å²) in [7, 11) is 1.73. The number of hydrogen-bond donors (Lipinski definition) is 2. The van der Waals surface area contributed by atoms with E-state index in [4.69, 9.17) is 0 Å². The van der Waals surface area contributed by atoms with Crippen LogP contribution in [-0.4, -0.2) is 60.6 Å². The van der Waals surface area contributed by atoms with Crippen molar-refractivity contribution < 1.29 is 8.78 Å². The molecule has 1 saturated heterocycles. The predicted molar refractivity (Wildman–Crippen MR) is 139 cm³/mol. The zero-order chi connectivity index (χ0) is 24.9. The van der Waals surface area contributed by atoms with Crippen LogP contribution in [-0.2, 0) is 6.54 Å². The first-order valence-electron chi connectivity index (χ1n) is 11.9. The normalized spacial score (nSPS) is 15.7. The van der Waals surface area contributed by atoms with E-state index in [1.165, 1.54) is 24.0 Å². The van der Waals surface area contributed by atoms with Gasteiger partial charge in [0, 0.05) is 49.2 Å². The molecule has 35 heavy (non-hydrogen) atoms. The van der Waals surface area contributed by atoms with Crippen molar-refractivity contribution in [2.45, 2.75) is 20.4 Å². The van der Waals surface area contributed by atoms with Crippen LogP contribution in [0.1, 0.15) is 25.0 Å². The lowest BCUT2D eigenvalue weighted by Gasteiger charge is -2.35. The van der Waals surface area contributed by atoms with Crippen molar-refractivity contribution in [2.75, 3.05) is 44.7 Å². The molecule has 6 nitrogen and oxygen atoms in total. The second kappa shape index (κ2) is 10.9. The van der Waals surface area contributed by atoms with Crippen LogP contribution in [0.15, 0.2) is 41.4 Å². The van der Waals surface area contributed by atoms with Gasteiger partial charge in [-0.25, -0.2) is 8.78 Å². The third kappa shape index (κ3) is 5.49. The molecular formula is C27H32F2N6. The van der Waals surface area contributed by atoms with Crippen molar-refractivity contribution >= 4 is 24.2 Å². The quantitative estimate of drug-likeness (QED) is 0.513. The molecule has 1 aromatic heterocycles. The van der Waals surface area contributed by atoms with Gasteiger partial charge in [-0.05, 0) is 50.3 Å². The number of rotatable bonds is 7. The summed E-state index contributed by atoms with van der Waals surface area (Å²) in [6, 6.07) is 11.0. The van der Waals surface area contributed by atoms with Crippen LogP contribution in [0, 0.1) is 11.6 Å². The maximum Gasteiger partial charge on any atom is 0.135 e. The van der Waals surface area contributed by atoms with Crippen molar-refractivity contribution in [3.63, 3.8) is 0 Å². The number of aliphatic imine (C=N–C) groups is 1. The Balaban J connectivity index is 1.54. The van der Waals surface area contributed by atoms with E-state index in [-0.39, 0.29) is 11.3 Å². The molecule has 184 valence electrons. The Morgan fingerprint density at radius 3 is 2.40 bits per heavy atom. The lowest BCUT2D eigenvalue weighted by Crippen LogP contribution is -2.46. The minimum Gasteiger partial charge on any atom is -0.369 e. The summed E-state index contributed by atoms with van der Waals surface area (Å²) in [5, 5.41) is 11.5. The molecule has 8 heteroatoms. The number of nitrogens with zero attached hydrogens (tertiary/aromatic N) is 4. The minimum atomic E-state index is -0.638. The molecule has 2 aromatic carbocycles. The molecule has 1 aliphatic rings. The highest BCUT2D eigenvalue weighted by atomic mass is 19.1. The molecule has 0 aliphatic carbocycles. The zero-order valence-electron chi connectivity index (χ0n) is 20.5. The van der Waals surface area contributed by atoms with E-state index in [1.54, 1.807) is 14.0 Å². The third-order valence-corrected chi connectivity index (χ3v) is 6.46. The predicted octanol–water partition coefficient (Wildman–Crippen LogP) is 2.87. The number of likely N-dealkylation sites (N-methyl/N-ethyl adjacent to an activating group) is 1. The minimum absolute atomic E-state index is 0.137. The number of benzene rings is 2. The number of hydrogen-bond acceptors (Lipinski definition) is 5. The number of anilines is 1. The van der Waals surface area contributed by atoms with Crippen molar-refractivity contribution in [3.8, 4) is 11.3 Å². The lowest BCUT2D eigenvalue weighted by molar-refractivity contribution is 0.271. The van der Waals surface area contributed by atoms with Gasteiger partial charge in [-0.2, -0.15) is 5.10 Å². The third-order valence-electron chi connectivity index (χ3n) is 6.46. The first kappa shape index (κ1) is 24.8. The fraction of sp³-hybridized carbons (Fsp3) is 0.333. The summed E-state index contributed by atoms with van der Waals surface area (Å²) in [5.41, 5.74) is 3.50. The van der Waals surface area contributed by atoms with Crippen molar-refractivity contribution in [1.29, 1.82) is 0 Å². The van der Waals surface area contributed by atoms with E-state index in [2.05, 4.69) is 55.9 Å². The van der Waals surface area contributed by atoms with E-state index in [0.717, 1.165) is 44.0 Å². The summed E-state index contributed by atoms with van der Waals surface area (Å²) in [6.45, 7) is 13.6. The van der Waals surface area contributed by atoms with E-state index < -0.39 is 11.6 Å². The fourth-order valence-electron chi connectivity index (χ4n) is 4.38. The molecule has 0 bridgehead atoms. The highest BCUT2D eigenvalue weighted by molar-refractivity contribution is 6.00. The Morgan fingerprint density at radius 1 is 1.14 bits per heavy atom. The van der Waals surface area contributed by atoms with E-state index in [9.17, 15) is 8.78 Å². The molecule has 0 unspecified atom stereocenters. The first-order valence-corrected chi connectivity index (χ1v) is 11.9. The van der Waals surface area contributed by atoms with Crippen molar-refractivity contribution in [2.24, 2.45) is 4.99 Å². The SMILES string of the molecule is C=c1c(-c2ccc(N3CCN(CC)CC3)cc2)n[nH]/c1=C/N=C(\C)c1c(F)cc(CNC)cc1F. The molecule has 0 atom stereocenters. The van der Waals surface area contributed by atoms with Crippen LogP contribution in [0.2, 0.25) is 0 Å². The fourth-order valence-corrected chi connectivity index (χ4v) is 4.38. The van der Waals surface area contributed by atoms with Gasteiger partial charge in [0.1, 0.15) is 11.6 Å². The van der Waals surface area contributed by atoms with Gasteiger partial charge in [0.25, 0.3) is 0 Å². The van der Waals surface area contributed by atoms with Gasteiger partial charge in [0.15, 0.2) is 0 Å². The number of aromatic amines is 1. The molecular weight excluding hydrogens is 446 g/mol. The van der Waals surface area contributed by atoms with Crippen LogP contribution >= 0.6 is 0 Å². The first-order chi connectivity index (χ1) is 16.9. The summed E-state index contributed by atoms with van der Waals surface area (Å²) < 4.78 is 29.0. The Kier molecular flexibility index (Phi) is 7.73. The van der Waals surface area contributed by atoms with Gasteiger partial charge >= 0.3 is 0 Å². The monoisotopic (exact) mass is 478 g/mol. The molecule has 0 spiro atoms. The van der Waals surface area contributed by atoms with Crippen LogP contribution in [0.4, 0.5) is 14.5 Å². The van der Waals surface area contributed by atoms with Crippen LogP contribution in [0.25, 0.3) is 24.0 Å². The molecule has 2 N–H and O–H groups in total. The van der Waals surface area contributed by atoms with E-state index >= 15 is 0 Å². The highest BCUT2D eigenvalue weighted by Crippen LogP contribution is 2.21. The number of halogens is 2. The maximum atomic E-state index is 14.5. The van der Waals surface area contributed by atoms with Gasteiger partial charge < -0.3 is 15.1 Å². The number of H-pyrrole nitrogens is 1. The van der Waals surface area contributed by atoms with Crippen LogP contribution < -0.4 is 20.8 Å². The van der Waals surface area contributed by atoms with Gasteiger partial charge in [0.2, 0.25) is 0 Å². The summed E-state index contributed by atoms with van der Waals surface area (Å²) in [4.78, 5) is 9.14. The second-order valence-electron chi connectivity index (χ2n) is 8.74. The maximum absolute atomic E-state index is 14.5. The Morgan fingerprint density at radius 2 is 1.80 bits per heavy atom. The standard InChI is InChI=1S/C27H32F2N6/c1-5-34-10-12-35(13-11-34)22-8-6-21(7-9-22)27-18(2)25(32-33-27)17-31-19(3)26-23(28)14-20(16-30-4)15-24(26)29/h6-9,14-15,17,30,32H,2,5,10-13,16H2,1,3-4H3/b25-17+,31-19+. The lowest BCUT2D eigenvalue weighted by atomic mass is 10.1. The van der Waals surface area contributed by atoms with Gasteiger partial charge in [-0.15, -0.1) is 0 Å². The van der Waals surface area contributed by atoms with Gasteiger partial charge in [0.05, 0.1) is 28.5 Å². The Bertz CT molecular complexity index is 1280. The summed E-state index contributed by atoms with van der Waals surface area (Å²) in [5.74, 6) is -1.28.